The smallest absolute Gasteiger partial charge is 0.250 e. The fourth-order valence-electron chi connectivity index (χ4n) is 4.90. The Bertz CT molecular complexity index is 1310. The summed E-state index contributed by atoms with van der Waals surface area (Å²) in [5, 5.41) is 8.73. The number of carbonyl (C=O) groups is 1. The molecule has 1 aliphatic carbocycles. The summed E-state index contributed by atoms with van der Waals surface area (Å²) in [4.78, 5) is 12.3. The molecule has 3 atom stereocenters. The lowest BCUT2D eigenvalue weighted by Gasteiger charge is -2.37. The van der Waals surface area contributed by atoms with Crippen molar-refractivity contribution in [3.63, 3.8) is 0 Å². The molecule has 0 aromatic heterocycles. The average molecular weight is 520 g/mol. The maximum absolute atomic E-state index is 13.5. The van der Waals surface area contributed by atoms with Crippen LogP contribution in [0.1, 0.15) is 47.6 Å². The van der Waals surface area contributed by atoms with Crippen molar-refractivity contribution in [2.45, 2.75) is 31.1 Å². The monoisotopic (exact) mass is 519 g/mol. The first-order valence-corrected chi connectivity index (χ1v) is 13.5. The number of allylic oxidation sites excluding steroid dienone is 2. The van der Waals surface area contributed by atoms with Gasteiger partial charge >= 0.3 is 0 Å². The second kappa shape index (κ2) is 10.9. The number of fused-ring (bicyclic) bond motifs is 3. The van der Waals surface area contributed by atoms with Gasteiger partial charge in [-0.15, -0.1) is 11.8 Å². The summed E-state index contributed by atoms with van der Waals surface area (Å²) in [6, 6.07) is 20.8. The normalized spacial score (nSPS) is 20.4. The molecule has 0 fully saturated rings. The van der Waals surface area contributed by atoms with E-state index in [9.17, 15) is 9.18 Å². The van der Waals surface area contributed by atoms with E-state index in [0.29, 0.717) is 16.7 Å². The predicted molar refractivity (Wildman–Crippen MR) is 147 cm³/mol. The zero-order chi connectivity index (χ0) is 25.1. The molecule has 1 aliphatic heterocycles. The van der Waals surface area contributed by atoms with Crippen molar-refractivity contribution in [2.24, 2.45) is 11.0 Å². The minimum absolute atomic E-state index is 0.128. The van der Waals surface area contributed by atoms with Gasteiger partial charge in [-0.3, -0.25) is 4.79 Å². The zero-order valence-corrected chi connectivity index (χ0v) is 21.5. The maximum Gasteiger partial charge on any atom is 0.250 e. The molecule has 0 unspecified atom stereocenters. The third kappa shape index (κ3) is 5.50. The van der Waals surface area contributed by atoms with Crippen LogP contribution in [0.25, 0.3) is 0 Å². The van der Waals surface area contributed by atoms with Gasteiger partial charge in [-0.05, 0) is 77.9 Å². The second-order valence-electron chi connectivity index (χ2n) is 9.18. The van der Waals surface area contributed by atoms with Crippen LogP contribution < -0.4 is 10.7 Å². The van der Waals surface area contributed by atoms with Crippen molar-refractivity contribution in [2.75, 3.05) is 11.1 Å². The minimum atomic E-state index is -0.220. The number of hydrogen-bond donors (Lipinski definition) is 2. The van der Waals surface area contributed by atoms with Crippen molar-refractivity contribution in [1.82, 2.24) is 5.43 Å². The molecule has 2 aliphatic rings. The molecule has 4 nitrogen and oxygen atoms in total. The van der Waals surface area contributed by atoms with Gasteiger partial charge in [-0.2, -0.15) is 5.10 Å². The molecule has 184 valence electrons. The third-order valence-electron chi connectivity index (χ3n) is 6.77. The van der Waals surface area contributed by atoms with Crippen molar-refractivity contribution in [3.8, 4) is 0 Å². The van der Waals surface area contributed by atoms with Gasteiger partial charge in [0.2, 0.25) is 5.91 Å². The molecule has 0 radical (unpaired) electrons. The lowest BCUT2D eigenvalue weighted by atomic mass is 9.76. The maximum atomic E-state index is 13.5. The van der Waals surface area contributed by atoms with Gasteiger partial charge in [0, 0.05) is 22.4 Å². The highest BCUT2D eigenvalue weighted by Crippen LogP contribution is 2.49. The summed E-state index contributed by atoms with van der Waals surface area (Å²) in [5.41, 5.74) is 8.94. The van der Waals surface area contributed by atoms with Crippen LogP contribution in [0.3, 0.4) is 0 Å². The number of rotatable bonds is 7. The molecule has 0 spiro atoms. The first kappa shape index (κ1) is 24.6. The van der Waals surface area contributed by atoms with E-state index in [1.54, 1.807) is 0 Å². The number of hydrazone groups is 1. The van der Waals surface area contributed by atoms with Crippen molar-refractivity contribution in [1.29, 1.82) is 0 Å². The fraction of sp³-hybridized carbons (Fsp3) is 0.241. The van der Waals surface area contributed by atoms with Crippen LogP contribution in [-0.4, -0.2) is 17.4 Å². The van der Waals surface area contributed by atoms with E-state index in [1.807, 2.05) is 49.4 Å². The van der Waals surface area contributed by atoms with Crippen molar-refractivity contribution < 1.29 is 9.18 Å². The standard InChI is InChI=1S/C29H27ClFN3OS/c1-18(33-34-28(35)17-36-16-19-5-10-22(30)11-6-19)21-9-14-27-26(15-21)24-3-2-4-25(24)29(32-27)20-7-12-23(31)13-8-20/h2-3,5-15,24-25,29,32H,4,16-17H2,1H3,(H,34,35)/b33-18-/t24-,25+,29+/m1/s1. The van der Waals surface area contributed by atoms with Crippen molar-refractivity contribution >= 4 is 40.7 Å². The van der Waals surface area contributed by atoms with E-state index < -0.39 is 0 Å². The Labute approximate surface area is 220 Å². The van der Waals surface area contributed by atoms with E-state index >= 15 is 0 Å². The molecular formula is C29H27ClFN3OS. The molecule has 3 aromatic rings. The minimum Gasteiger partial charge on any atom is -0.378 e. The number of anilines is 1. The molecule has 5 rings (SSSR count). The Morgan fingerprint density at radius 2 is 1.92 bits per heavy atom. The highest BCUT2D eigenvalue weighted by atomic mass is 35.5. The van der Waals surface area contributed by atoms with E-state index in [0.717, 1.165) is 40.3 Å². The van der Waals surface area contributed by atoms with Crippen LogP contribution in [0.2, 0.25) is 5.02 Å². The van der Waals surface area contributed by atoms with Crippen LogP contribution in [0.15, 0.2) is 84.0 Å². The largest absolute Gasteiger partial charge is 0.378 e. The SMILES string of the molecule is C/C(=N/NC(=O)CSCc1ccc(Cl)cc1)c1ccc2c(c1)[C@@H]1C=CC[C@@H]1[C@H](c1ccc(F)cc1)N2. The number of hydrogen-bond acceptors (Lipinski definition) is 4. The van der Waals surface area contributed by atoms with Gasteiger partial charge in [0.15, 0.2) is 0 Å². The summed E-state index contributed by atoms with van der Waals surface area (Å²) in [5.74, 6) is 1.36. The van der Waals surface area contributed by atoms with Gasteiger partial charge in [0.05, 0.1) is 17.5 Å². The van der Waals surface area contributed by atoms with Gasteiger partial charge in [0.1, 0.15) is 5.82 Å². The molecule has 7 heteroatoms. The van der Waals surface area contributed by atoms with Crippen molar-refractivity contribution in [3.05, 3.63) is 112 Å². The average Bonchev–Trinajstić information content (AvgIpc) is 3.39. The first-order chi connectivity index (χ1) is 17.5. The van der Waals surface area contributed by atoms with Crippen LogP contribution in [0, 0.1) is 11.7 Å². The summed E-state index contributed by atoms with van der Waals surface area (Å²) in [6.45, 7) is 1.91. The zero-order valence-electron chi connectivity index (χ0n) is 19.9. The van der Waals surface area contributed by atoms with Crippen LogP contribution in [0.4, 0.5) is 10.1 Å². The number of halogens is 2. The molecular weight excluding hydrogens is 493 g/mol. The molecule has 1 amide bonds. The Hall–Kier alpha value is -3.09. The highest BCUT2D eigenvalue weighted by molar-refractivity contribution is 7.99. The fourth-order valence-corrected chi connectivity index (χ4v) is 5.81. The van der Waals surface area contributed by atoms with E-state index in [4.69, 9.17) is 11.6 Å². The van der Waals surface area contributed by atoms with E-state index in [1.165, 1.54) is 29.5 Å². The first-order valence-electron chi connectivity index (χ1n) is 12.0. The van der Waals surface area contributed by atoms with E-state index in [-0.39, 0.29) is 23.7 Å². The molecule has 1 heterocycles. The van der Waals surface area contributed by atoms with Gasteiger partial charge in [0.25, 0.3) is 0 Å². The second-order valence-corrected chi connectivity index (χ2v) is 10.6. The number of nitrogens with zero attached hydrogens (tertiary/aromatic N) is 1. The summed E-state index contributed by atoms with van der Waals surface area (Å²) < 4.78 is 13.5. The molecule has 36 heavy (non-hydrogen) atoms. The molecule has 0 bridgehead atoms. The number of nitrogens with one attached hydrogen (secondary N) is 2. The highest BCUT2D eigenvalue weighted by Gasteiger charge is 2.38. The Kier molecular flexibility index (Phi) is 7.44. The lowest BCUT2D eigenvalue weighted by molar-refractivity contribution is -0.118. The van der Waals surface area contributed by atoms with Gasteiger partial charge in [-0.1, -0.05) is 54.1 Å². The molecule has 0 saturated carbocycles. The Morgan fingerprint density at radius 3 is 2.69 bits per heavy atom. The summed E-state index contributed by atoms with van der Waals surface area (Å²) >= 11 is 7.45. The van der Waals surface area contributed by atoms with Gasteiger partial charge in [-0.25, -0.2) is 9.82 Å². The predicted octanol–water partition coefficient (Wildman–Crippen LogP) is 7.08. The van der Waals surface area contributed by atoms with Crippen LogP contribution in [0.5, 0.6) is 0 Å². The summed E-state index contributed by atoms with van der Waals surface area (Å²) in [6.07, 6.45) is 5.48. The molecule has 2 N–H and O–H groups in total. The topological polar surface area (TPSA) is 53.5 Å². The number of thioether (sulfide) groups is 1. The quantitative estimate of drug-likeness (QED) is 0.199. The third-order valence-corrected chi connectivity index (χ3v) is 8.03. The lowest BCUT2D eigenvalue weighted by Crippen LogP contribution is -2.29. The molecule has 3 aromatic carbocycles. The Balaban J connectivity index is 1.24. The van der Waals surface area contributed by atoms with E-state index in [2.05, 4.69) is 40.1 Å². The Morgan fingerprint density at radius 1 is 1.14 bits per heavy atom. The van der Waals surface area contributed by atoms with Crippen LogP contribution in [-0.2, 0) is 10.5 Å². The number of benzene rings is 3. The van der Waals surface area contributed by atoms with Gasteiger partial charge < -0.3 is 5.32 Å². The summed E-state index contributed by atoms with van der Waals surface area (Å²) in [7, 11) is 0. The van der Waals surface area contributed by atoms with Crippen LogP contribution >= 0.6 is 23.4 Å². The number of amides is 1. The molecule has 0 saturated heterocycles. The number of carbonyl (C=O) groups excluding carboxylic acids is 1.